The van der Waals surface area contributed by atoms with Crippen molar-refractivity contribution in [3.63, 3.8) is 0 Å². The molecule has 94 valence electrons. The summed E-state index contributed by atoms with van der Waals surface area (Å²) in [6.45, 7) is 3.90. The van der Waals surface area contributed by atoms with Gasteiger partial charge in [-0.25, -0.2) is 4.98 Å². The Bertz CT molecular complexity index is 601. The molecule has 0 fully saturated rings. The zero-order valence-corrected chi connectivity index (χ0v) is 10.7. The topological polar surface area (TPSA) is 72.9 Å². The maximum Gasteiger partial charge on any atom is 0.251 e. The Balaban J connectivity index is 2.57. The van der Waals surface area contributed by atoms with Gasteiger partial charge in [0.15, 0.2) is 0 Å². The third-order valence-corrected chi connectivity index (χ3v) is 3.03. The van der Waals surface area contributed by atoms with Gasteiger partial charge in [0.2, 0.25) is 0 Å². The Kier molecular flexibility index (Phi) is 3.06. The highest BCUT2D eigenvalue weighted by Crippen LogP contribution is 2.21. The lowest BCUT2D eigenvalue weighted by Gasteiger charge is -2.10. The Morgan fingerprint density at radius 3 is 2.67 bits per heavy atom. The highest BCUT2D eigenvalue weighted by molar-refractivity contribution is 5.95. The molecule has 5 nitrogen and oxygen atoms in total. The van der Waals surface area contributed by atoms with Crippen LogP contribution in [0, 0.1) is 13.8 Å². The van der Waals surface area contributed by atoms with Crippen LogP contribution in [-0.4, -0.2) is 22.5 Å². The average Bonchev–Trinajstić information content (AvgIpc) is 2.70. The fourth-order valence-electron chi connectivity index (χ4n) is 1.78. The summed E-state index contributed by atoms with van der Waals surface area (Å²) in [6, 6.07) is 5.20. The predicted molar refractivity (Wildman–Crippen MR) is 70.8 cm³/mol. The van der Waals surface area contributed by atoms with Gasteiger partial charge in [-0.05, 0) is 32.0 Å². The Morgan fingerprint density at radius 1 is 1.39 bits per heavy atom. The third-order valence-electron chi connectivity index (χ3n) is 3.03. The molecule has 0 saturated carbocycles. The summed E-state index contributed by atoms with van der Waals surface area (Å²) in [5, 5.41) is 2.59. The molecule has 18 heavy (non-hydrogen) atoms. The number of nitrogens with one attached hydrogen (secondary N) is 1. The van der Waals surface area contributed by atoms with Crippen molar-refractivity contribution in [1.29, 1.82) is 0 Å². The molecule has 0 radical (unpaired) electrons. The van der Waals surface area contributed by atoms with E-state index in [0.717, 1.165) is 17.1 Å². The first-order valence-electron chi connectivity index (χ1n) is 5.67. The van der Waals surface area contributed by atoms with Gasteiger partial charge in [-0.2, -0.15) is 0 Å². The zero-order valence-electron chi connectivity index (χ0n) is 10.7. The summed E-state index contributed by atoms with van der Waals surface area (Å²) in [7, 11) is 1.60. The van der Waals surface area contributed by atoms with Crippen LogP contribution in [0.25, 0.3) is 5.69 Å². The zero-order chi connectivity index (χ0) is 13.3. The minimum atomic E-state index is -0.134. The van der Waals surface area contributed by atoms with E-state index in [-0.39, 0.29) is 5.91 Å². The summed E-state index contributed by atoms with van der Waals surface area (Å²) < 4.78 is 1.89. The number of benzene rings is 1. The normalized spacial score (nSPS) is 10.4. The van der Waals surface area contributed by atoms with Gasteiger partial charge in [0.25, 0.3) is 5.91 Å². The lowest BCUT2D eigenvalue weighted by Crippen LogP contribution is -2.18. The van der Waals surface area contributed by atoms with Crippen LogP contribution in [0.5, 0.6) is 0 Å². The highest BCUT2D eigenvalue weighted by Gasteiger charge is 2.11. The number of carbonyl (C=O) groups is 1. The van der Waals surface area contributed by atoms with Crippen LogP contribution < -0.4 is 11.1 Å². The Labute approximate surface area is 106 Å². The van der Waals surface area contributed by atoms with Gasteiger partial charge in [0, 0.05) is 18.3 Å². The number of nitrogens with two attached hydrogens (primary N) is 1. The fourth-order valence-corrected chi connectivity index (χ4v) is 1.78. The van der Waals surface area contributed by atoms with Crippen molar-refractivity contribution in [2.24, 2.45) is 0 Å². The molecule has 1 aromatic carbocycles. The van der Waals surface area contributed by atoms with Crippen LogP contribution in [0.1, 0.15) is 21.7 Å². The molecular weight excluding hydrogens is 228 g/mol. The number of hydrogen-bond acceptors (Lipinski definition) is 3. The van der Waals surface area contributed by atoms with Crippen LogP contribution in [0.4, 0.5) is 5.69 Å². The van der Waals surface area contributed by atoms with Gasteiger partial charge in [-0.15, -0.1) is 0 Å². The minimum absolute atomic E-state index is 0.134. The van der Waals surface area contributed by atoms with E-state index >= 15 is 0 Å². The maximum atomic E-state index is 11.6. The lowest BCUT2D eigenvalue weighted by molar-refractivity contribution is 0.0963. The molecule has 0 saturated heterocycles. The molecule has 0 aliphatic heterocycles. The van der Waals surface area contributed by atoms with Gasteiger partial charge in [0.1, 0.15) is 0 Å². The van der Waals surface area contributed by atoms with Gasteiger partial charge in [0.05, 0.1) is 23.4 Å². The summed E-state index contributed by atoms with van der Waals surface area (Å²) >= 11 is 0. The van der Waals surface area contributed by atoms with E-state index in [9.17, 15) is 4.79 Å². The SMILES string of the molecule is CNC(=O)c1ccc(N)c(-n2cnc(C)c2C)c1. The molecule has 3 N–H and O–H groups in total. The van der Waals surface area contributed by atoms with Crippen molar-refractivity contribution in [3.8, 4) is 5.69 Å². The molecule has 1 aromatic heterocycles. The summed E-state index contributed by atoms with van der Waals surface area (Å²) in [6.07, 6.45) is 1.71. The largest absolute Gasteiger partial charge is 0.397 e. The van der Waals surface area contributed by atoms with Crippen molar-refractivity contribution in [2.45, 2.75) is 13.8 Å². The van der Waals surface area contributed by atoms with Crippen LogP contribution >= 0.6 is 0 Å². The second-order valence-electron chi connectivity index (χ2n) is 4.14. The predicted octanol–water partition coefficient (Wildman–Crippen LogP) is 1.43. The minimum Gasteiger partial charge on any atom is -0.397 e. The first-order chi connectivity index (χ1) is 8.54. The average molecular weight is 244 g/mol. The molecule has 0 spiro atoms. The molecule has 0 atom stereocenters. The first-order valence-corrected chi connectivity index (χ1v) is 5.67. The molecule has 5 heteroatoms. The van der Waals surface area contributed by atoms with E-state index in [4.69, 9.17) is 5.73 Å². The quantitative estimate of drug-likeness (QED) is 0.785. The summed E-state index contributed by atoms with van der Waals surface area (Å²) in [5.74, 6) is -0.134. The Morgan fingerprint density at radius 2 is 2.11 bits per heavy atom. The smallest absolute Gasteiger partial charge is 0.251 e. The van der Waals surface area contributed by atoms with Crippen LogP contribution in [0.15, 0.2) is 24.5 Å². The van der Waals surface area contributed by atoms with Crippen molar-refractivity contribution in [1.82, 2.24) is 14.9 Å². The molecule has 0 bridgehead atoms. The summed E-state index contributed by atoms with van der Waals surface area (Å²) in [5.41, 5.74) is 9.88. The second-order valence-corrected chi connectivity index (χ2v) is 4.14. The van der Waals surface area contributed by atoms with Crippen molar-refractivity contribution >= 4 is 11.6 Å². The van der Waals surface area contributed by atoms with Gasteiger partial charge < -0.3 is 15.6 Å². The van der Waals surface area contributed by atoms with E-state index in [1.165, 1.54) is 0 Å². The number of imidazole rings is 1. The van der Waals surface area contributed by atoms with Crippen molar-refractivity contribution in [3.05, 3.63) is 41.5 Å². The van der Waals surface area contributed by atoms with Crippen LogP contribution in [0.2, 0.25) is 0 Å². The van der Waals surface area contributed by atoms with E-state index in [2.05, 4.69) is 10.3 Å². The van der Waals surface area contributed by atoms with Crippen LogP contribution in [-0.2, 0) is 0 Å². The number of aromatic nitrogens is 2. The van der Waals surface area contributed by atoms with E-state index < -0.39 is 0 Å². The second kappa shape index (κ2) is 4.52. The fraction of sp³-hybridized carbons (Fsp3) is 0.231. The number of rotatable bonds is 2. The first kappa shape index (κ1) is 12.2. The monoisotopic (exact) mass is 244 g/mol. The van der Waals surface area contributed by atoms with Crippen LogP contribution in [0.3, 0.4) is 0 Å². The molecule has 0 unspecified atom stereocenters. The molecular formula is C13H16N4O. The number of aryl methyl sites for hydroxylation is 1. The number of anilines is 1. The number of amides is 1. The van der Waals surface area contributed by atoms with E-state index in [0.29, 0.717) is 11.3 Å². The van der Waals surface area contributed by atoms with Gasteiger partial charge >= 0.3 is 0 Å². The molecule has 1 heterocycles. The third kappa shape index (κ3) is 1.95. The highest BCUT2D eigenvalue weighted by atomic mass is 16.1. The molecule has 0 aliphatic carbocycles. The molecule has 1 amide bonds. The van der Waals surface area contributed by atoms with Crippen molar-refractivity contribution in [2.75, 3.05) is 12.8 Å². The molecule has 0 aliphatic rings. The standard InChI is InChI=1S/C13H16N4O/c1-8-9(2)17(7-16-8)12-6-10(13(18)15-3)4-5-11(12)14/h4-7H,14H2,1-3H3,(H,15,18). The Hall–Kier alpha value is -2.30. The lowest BCUT2D eigenvalue weighted by atomic mass is 10.1. The maximum absolute atomic E-state index is 11.6. The van der Waals surface area contributed by atoms with Gasteiger partial charge in [-0.1, -0.05) is 0 Å². The number of carbonyl (C=O) groups excluding carboxylic acids is 1. The van der Waals surface area contributed by atoms with E-state index in [1.807, 2.05) is 18.4 Å². The number of hydrogen-bond donors (Lipinski definition) is 2. The summed E-state index contributed by atoms with van der Waals surface area (Å²) in [4.78, 5) is 15.9. The van der Waals surface area contributed by atoms with E-state index in [1.54, 1.807) is 31.6 Å². The molecule has 2 rings (SSSR count). The molecule has 2 aromatic rings. The van der Waals surface area contributed by atoms with Crippen molar-refractivity contribution < 1.29 is 4.79 Å². The van der Waals surface area contributed by atoms with Gasteiger partial charge in [-0.3, -0.25) is 4.79 Å². The number of nitrogens with zero attached hydrogens (tertiary/aromatic N) is 2. The number of nitrogen functional groups attached to an aromatic ring is 1.